The molecule has 0 radical (unpaired) electrons. The molecule has 0 aliphatic carbocycles. The maximum Gasteiger partial charge on any atom is 0.319 e. The number of benzene rings is 3. The van der Waals surface area contributed by atoms with Gasteiger partial charge in [0.1, 0.15) is 6.17 Å². The number of methoxy groups -OCH3 is 2. The highest BCUT2D eigenvalue weighted by atomic mass is 79.9. The van der Waals surface area contributed by atoms with Crippen LogP contribution in [0.25, 0.3) is 0 Å². The number of halogens is 1. The molecule has 176 valence electrons. The molecule has 1 aliphatic heterocycles. The molecule has 34 heavy (non-hydrogen) atoms. The SMILES string of the molecule is COC(=O)CN1[C@@H](c2ccccc2)c2cc(Br)ccc2N[C@H]1c1cc([N+](=O)[O-])cc(OC)c1O. The van der Waals surface area contributed by atoms with Crippen molar-refractivity contribution in [1.29, 1.82) is 0 Å². The van der Waals surface area contributed by atoms with Crippen LogP contribution in [0.2, 0.25) is 0 Å². The molecule has 0 fully saturated rings. The number of nitro groups is 1. The molecule has 1 aliphatic rings. The molecular weight excluding hydrogens is 506 g/mol. The third-order valence-corrected chi connectivity index (χ3v) is 6.23. The third-order valence-electron chi connectivity index (χ3n) is 5.73. The fourth-order valence-corrected chi connectivity index (χ4v) is 4.57. The van der Waals surface area contributed by atoms with Gasteiger partial charge < -0.3 is 19.9 Å². The molecule has 0 unspecified atom stereocenters. The number of carbonyl (C=O) groups is 1. The molecule has 4 rings (SSSR count). The number of non-ortho nitro benzene ring substituents is 1. The number of nitrogens with zero attached hydrogens (tertiary/aromatic N) is 2. The van der Waals surface area contributed by atoms with E-state index in [2.05, 4.69) is 21.2 Å². The molecule has 1 heterocycles. The van der Waals surface area contributed by atoms with Crippen molar-refractivity contribution in [2.75, 3.05) is 26.1 Å². The summed E-state index contributed by atoms with van der Waals surface area (Å²) in [6.45, 7) is -0.149. The smallest absolute Gasteiger partial charge is 0.319 e. The molecule has 10 heteroatoms. The molecule has 0 bridgehead atoms. The summed E-state index contributed by atoms with van der Waals surface area (Å²) in [5, 5.41) is 25.9. The monoisotopic (exact) mass is 527 g/mol. The lowest BCUT2D eigenvalue weighted by atomic mass is 9.91. The Morgan fingerprint density at radius 1 is 1.15 bits per heavy atom. The van der Waals surface area contributed by atoms with Crippen molar-refractivity contribution < 1.29 is 24.3 Å². The molecule has 2 N–H and O–H groups in total. The number of fused-ring (bicyclic) bond motifs is 1. The van der Waals surface area contributed by atoms with Crippen LogP contribution in [0, 0.1) is 10.1 Å². The van der Waals surface area contributed by atoms with E-state index in [1.165, 1.54) is 20.3 Å². The molecule has 0 saturated carbocycles. The van der Waals surface area contributed by atoms with Crippen LogP contribution in [-0.4, -0.2) is 41.7 Å². The Balaban J connectivity index is 1.97. The van der Waals surface area contributed by atoms with E-state index in [4.69, 9.17) is 9.47 Å². The van der Waals surface area contributed by atoms with Gasteiger partial charge in [-0.05, 0) is 29.3 Å². The zero-order valence-corrected chi connectivity index (χ0v) is 20.0. The number of phenols is 1. The summed E-state index contributed by atoms with van der Waals surface area (Å²) in [7, 11) is 2.62. The molecule has 0 amide bonds. The Morgan fingerprint density at radius 2 is 1.88 bits per heavy atom. The number of hydrogen-bond donors (Lipinski definition) is 2. The summed E-state index contributed by atoms with van der Waals surface area (Å²) in [5.41, 5.74) is 2.49. The number of nitro benzene ring substituents is 1. The van der Waals surface area contributed by atoms with Crippen molar-refractivity contribution in [2.45, 2.75) is 12.2 Å². The largest absolute Gasteiger partial charge is 0.504 e. The second kappa shape index (κ2) is 9.70. The van der Waals surface area contributed by atoms with E-state index in [1.807, 2.05) is 48.5 Å². The van der Waals surface area contributed by atoms with Crippen molar-refractivity contribution in [1.82, 2.24) is 4.90 Å². The van der Waals surface area contributed by atoms with Gasteiger partial charge in [-0.2, -0.15) is 0 Å². The Hall–Kier alpha value is -3.63. The first-order valence-electron chi connectivity index (χ1n) is 10.3. The molecule has 0 aromatic heterocycles. The van der Waals surface area contributed by atoms with E-state index in [0.29, 0.717) is 0 Å². The van der Waals surface area contributed by atoms with Crippen molar-refractivity contribution in [3.05, 3.63) is 91.9 Å². The highest BCUT2D eigenvalue weighted by Gasteiger charge is 2.39. The Morgan fingerprint density at radius 3 is 2.53 bits per heavy atom. The van der Waals surface area contributed by atoms with Crippen molar-refractivity contribution in [3.63, 3.8) is 0 Å². The molecule has 3 aromatic carbocycles. The minimum absolute atomic E-state index is 0.0399. The van der Waals surface area contributed by atoms with Gasteiger partial charge in [-0.15, -0.1) is 0 Å². The number of hydrogen-bond acceptors (Lipinski definition) is 8. The summed E-state index contributed by atoms with van der Waals surface area (Å²) in [6, 6.07) is 17.3. The fourth-order valence-electron chi connectivity index (χ4n) is 4.19. The van der Waals surface area contributed by atoms with E-state index in [1.54, 1.807) is 4.90 Å². The number of carbonyl (C=O) groups excluding carboxylic acids is 1. The molecule has 3 aromatic rings. The van der Waals surface area contributed by atoms with Crippen LogP contribution in [-0.2, 0) is 9.53 Å². The number of phenolic OH excluding ortho intramolecular Hbond substituents is 1. The molecule has 9 nitrogen and oxygen atoms in total. The first-order chi connectivity index (χ1) is 16.3. The van der Waals surface area contributed by atoms with Gasteiger partial charge in [0.2, 0.25) is 0 Å². The van der Waals surface area contributed by atoms with Crippen molar-refractivity contribution >= 4 is 33.3 Å². The van der Waals surface area contributed by atoms with Crippen LogP contribution in [0.3, 0.4) is 0 Å². The quantitative estimate of drug-likeness (QED) is 0.268. The van der Waals surface area contributed by atoms with Crippen LogP contribution in [0.4, 0.5) is 11.4 Å². The zero-order valence-electron chi connectivity index (χ0n) is 18.4. The summed E-state index contributed by atoms with van der Waals surface area (Å²) in [4.78, 5) is 25.3. The average molecular weight is 528 g/mol. The van der Waals surface area contributed by atoms with Crippen LogP contribution >= 0.6 is 15.9 Å². The van der Waals surface area contributed by atoms with Crippen LogP contribution in [0.1, 0.15) is 28.9 Å². The summed E-state index contributed by atoms with van der Waals surface area (Å²) < 4.78 is 11.0. The normalized spacial score (nSPS) is 17.4. The predicted octanol–water partition coefficient (Wildman–Crippen LogP) is 4.76. The second-order valence-corrected chi connectivity index (χ2v) is 8.60. The zero-order chi connectivity index (χ0) is 24.4. The number of nitrogens with one attached hydrogen (secondary N) is 1. The number of esters is 1. The highest BCUT2D eigenvalue weighted by Crippen LogP contribution is 2.48. The van der Waals surface area contributed by atoms with E-state index in [9.17, 15) is 20.0 Å². The standard InChI is InChI=1S/C24H22BrN3O6/c1-33-20-12-16(28(31)32)11-18(23(20)30)24-26-19-9-8-15(25)10-17(19)22(14-6-4-3-5-7-14)27(24)13-21(29)34-2/h3-12,22,24,26,30H,13H2,1-2H3/t22-,24+/m0/s1. The minimum Gasteiger partial charge on any atom is -0.504 e. The fraction of sp³-hybridized carbons (Fsp3) is 0.208. The first kappa shape index (κ1) is 23.5. The van der Waals surface area contributed by atoms with E-state index < -0.39 is 23.1 Å². The van der Waals surface area contributed by atoms with Gasteiger partial charge in [0.15, 0.2) is 11.5 Å². The predicted molar refractivity (Wildman–Crippen MR) is 129 cm³/mol. The van der Waals surface area contributed by atoms with Gasteiger partial charge in [-0.25, -0.2) is 0 Å². The van der Waals surface area contributed by atoms with Crippen molar-refractivity contribution in [2.24, 2.45) is 0 Å². The Bertz CT molecular complexity index is 1240. The Labute approximate surface area is 204 Å². The first-order valence-corrected chi connectivity index (χ1v) is 11.1. The number of aromatic hydroxyl groups is 1. The topological polar surface area (TPSA) is 114 Å². The second-order valence-electron chi connectivity index (χ2n) is 7.68. The minimum atomic E-state index is -0.813. The van der Waals surface area contributed by atoms with Crippen LogP contribution < -0.4 is 10.1 Å². The average Bonchev–Trinajstić information content (AvgIpc) is 2.84. The summed E-state index contributed by atoms with van der Waals surface area (Å²) in [6.07, 6.45) is -0.813. The molecule has 2 atom stereocenters. The van der Waals surface area contributed by atoms with Crippen LogP contribution in [0.15, 0.2) is 65.1 Å². The van der Waals surface area contributed by atoms with Gasteiger partial charge in [0, 0.05) is 21.8 Å². The molecular formula is C24H22BrN3O6. The van der Waals surface area contributed by atoms with Crippen LogP contribution in [0.5, 0.6) is 11.5 Å². The van der Waals surface area contributed by atoms with E-state index in [0.717, 1.165) is 27.4 Å². The maximum absolute atomic E-state index is 12.5. The number of anilines is 1. The third kappa shape index (κ3) is 4.42. The van der Waals surface area contributed by atoms with Gasteiger partial charge >= 0.3 is 5.97 Å². The van der Waals surface area contributed by atoms with Gasteiger partial charge in [0.05, 0.1) is 37.8 Å². The van der Waals surface area contributed by atoms with Crippen molar-refractivity contribution in [3.8, 4) is 11.5 Å². The van der Waals surface area contributed by atoms with E-state index in [-0.39, 0.29) is 29.3 Å². The molecule has 0 spiro atoms. The summed E-state index contributed by atoms with van der Waals surface area (Å²) in [5.74, 6) is -0.794. The lowest BCUT2D eigenvalue weighted by Gasteiger charge is -2.44. The lowest BCUT2D eigenvalue weighted by Crippen LogP contribution is -2.44. The summed E-state index contributed by atoms with van der Waals surface area (Å²) >= 11 is 3.52. The number of rotatable bonds is 6. The highest BCUT2D eigenvalue weighted by molar-refractivity contribution is 9.10. The lowest BCUT2D eigenvalue weighted by molar-refractivity contribution is -0.385. The van der Waals surface area contributed by atoms with Gasteiger partial charge in [0.25, 0.3) is 5.69 Å². The van der Waals surface area contributed by atoms with Gasteiger partial charge in [-0.1, -0.05) is 46.3 Å². The maximum atomic E-state index is 12.5. The Kier molecular flexibility index (Phi) is 6.71. The van der Waals surface area contributed by atoms with E-state index >= 15 is 0 Å². The molecule has 0 saturated heterocycles. The van der Waals surface area contributed by atoms with Gasteiger partial charge in [-0.3, -0.25) is 19.8 Å². The number of ether oxygens (including phenoxy) is 2.